The van der Waals surface area contributed by atoms with Crippen LogP contribution in [0, 0.1) is 5.92 Å². The van der Waals surface area contributed by atoms with E-state index in [0.717, 1.165) is 0 Å². The van der Waals surface area contributed by atoms with Crippen LogP contribution in [0.5, 0.6) is 0 Å². The van der Waals surface area contributed by atoms with E-state index in [0.29, 0.717) is 28.2 Å². The molecule has 0 aliphatic carbocycles. The number of hydrogen-bond donors (Lipinski definition) is 2. The molecule has 8 nitrogen and oxygen atoms in total. The molecule has 2 heterocycles. The highest BCUT2D eigenvalue weighted by Crippen LogP contribution is 2.34. The van der Waals surface area contributed by atoms with Crippen molar-refractivity contribution in [1.82, 2.24) is 10.3 Å². The first-order chi connectivity index (χ1) is 22.2. The van der Waals surface area contributed by atoms with Crippen LogP contribution >= 0.6 is 0 Å². The second-order valence-electron chi connectivity index (χ2n) is 10.0. The van der Waals surface area contributed by atoms with Crippen molar-refractivity contribution in [1.29, 1.82) is 0 Å². The van der Waals surface area contributed by atoms with Crippen molar-refractivity contribution >= 4 is 34.8 Å². The molecule has 0 radical (unpaired) electrons. The maximum absolute atomic E-state index is 13.9. The van der Waals surface area contributed by atoms with Crippen molar-refractivity contribution in [3.63, 3.8) is 0 Å². The van der Waals surface area contributed by atoms with Crippen LogP contribution in [-0.4, -0.2) is 46.9 Å². The van der Waals surface area contributed by atoms with E-state index in [2.05, 4.69) is 15.3 Å². The average Bonchev–Trinajstić information content (AvgIpc) is 3.14. The third kappa shape index (κ3) is 12.2. The molecule has 1 aliphatic heterocycles. The number of carbonyl (C=O) groups excluding carboxylic acids is 3. The summed E-state index contributed by atoms with van der Waals surface area (Å²) in [5.41, 5.74) is 7.73. The fourth-order valence-electron chi connectivity index (χ4n) is 4.48. The van der Waals surface area contributed by atoms with Gasteiger partial charge in [-0.2, -0.15) is 26.3 Å². The summed E-state index contributed by atoms with van der Waals surface area (Å²) in [6.45, 7) is 5.51. The zero-order valence-electron chi connectivity index (χ0n) is 26.1. The van der Waals surface area contributed by atoms with Gasteiger partial charge in [0.15, 0.2) is 0 Å². The van der Waals surface area contributed by atoms with Gasteiger partial charge in [0, 0.05) is 42.5 Å². The van der Waals surface area contributed by atoms with E-state index in [4.69, 9.17) is 5.73 Å². The van der Waals surface area contributed by atoms with Crippen molar-refractivity contribution in [2.75, 3.05) is 4.90 Å². The van der Waals surface area contributed by atoms with Gasteiger partial charge in [-0.1, -0.05) is 69.3 Å². The van der Waals surface area contributed by atoms with Gasteiger partial charge in [-0.25, -0.2) is 4.99 Å². The lowest BCUT2D eigenvalue weighted by atomic mass is 9.97. The maximum Gasteiger partial charge on any atom is 0.389 e. The minimum atomic E-state index is -4.54. The average molecular weight is 666 g/mol. The summed E-state index contributed by atoms with van der Waals surface area (Å²) in [4.78, 5) is 48.6. The van der Waals surface area contributed by atoms with E-state index in [-0.39, 0.29) is 6.42 Å². The molecule has 0 saturated heterocycles. The van der Waals surface area contributed by atoms with Crippen LogP contribution in [0.1, 0.15) is 64.0 Å². The number of benzene rings is 2. The SMILES string of the molecule is CC.CCCC(F)(F)F.NC(=O)CC(CCC(F)(F)F)C(=O)NC1N=C(c2ccccc2)c2ccccc2N(c2cccnc2)C1=O. The Balaban J connectivity index is 0.000000756. The zero-order valence-corrected chi connectivity index (χ0v) is 26.1. The Bertz CT molecular complexity index is 1480. The second-order valence-corrected chi connectivity index (χ2v) is 10.0. The van der Waals surface area contributed by atoms with Crippen LogP contribution < -0.4 is 16.0 Å². The number of carbonyl (C=O) groups is 3. The van der Waals surface area contributed by atoms with E-state index in [9.17, 15) is 40.7 Å². The van der Waals surface area contributed by atoms with Gasteiger partial charge in [-0.05, 0) is 31.0 Å². The minimum Gasteiger partial charge on any atom is -0.370 e. The molecule has 254 valence electrons. The largest absolute Gasteiger partial charge is 0.389 e. The van der Waals surface area contributed by atoms with Crippen LogP contribution in [-0.2, 0) is 14.4 Å². The molecular formula is C33H37F6N5O3. The number of para-hydroxylation sites is 1. The lowest BCUT2D eigenvalue weighted by molar-refractivity contribution is -0.143. The van der Waals surface area contributed by atoms with Crippen molar-refractivity contribution in [3.8, 4) is 0 Å². The van der Waals surface area contributed by atoms with Crippen LogP contribution in [0.2, 0.25) is 0 Å². The normalized spacial score (nSPS) is 15.0. The van der Waals surface area contributed by atoms with Gasteiger partial charge in [0.25, 0.3) is 5.91 Å². The number of benzodiazepines with no additional fused rings is 1. The molecular weight excluding hydrogens is 628 g/mol. The molecule has 0 fully saturated rings. The lowest BCUT2D eigenvalue weighted by Gasteiger charge is -2.26. The van der Waals surface area contributed by atoms with Gasteiger partial charge in [-0.15, -0.1) is 0 Å². The molecule has 0 saturated carbocycles. The number of halogens is 6. The quantitative estimate of drug-likeness (QED) is 0.234. The number of aromatic nitrogens is 1. The van der Waals surface area contributed by atoms with Gasteiger partial charge < -0.3 is 11.1 Å². The highest BCUT2D eigenvalue weighted by molar-refractivity contribution is 6.21. The molecule has 3 aromatic rings. The van der Waals surface area contributed by atoms with E-state index in [1.807, 2.05) is 19.9 Å². The fraction of sp³-hybridized carbons (Fsp3) is 0.364. The number of primary amides is 1. The fourth-order valence-corrected chi connectivity index (χ4v) is 4.48. The van der Waals surface area contributed by atoms with Gasteiger partial charge in [-0.3, -0.25) is 24.3 Å². The number of nitrogens with one attached hydrogen (secondary N) is 1. The van der Waals surface area contributed by atoms with Crippen molar-refractivity contribution < 1.29 is 40.7 Å². The Morgan fingerprint density at radius 2 is 1.53 bits per heavy atom. The number of alkyl halides is 6. The highest BCUT2D eigenvalue weighted by Gasteiger charge is 2.37. The van der Waals surface area contributed by atoms with E-state index >= 15 is 0 Å². The summed E-state index contributed by atoms with van der Waals surface area (Å²) in [6, 6.07) is 19.3. The molecule has 4 rings (SSSR count). The number of nitrogens with two attached hydrogens (primary N) is 1. The van der Waals surface area contributed by atoms with Crippen LogP contribution in [0.4, 0.5) is 37.7 Å². The lowest BCUT2D eigenvalue weighted by Crippen LogP contribution is -2.48. The Morgan fingerprint density at radius 1 is 0.915 bits per heavy atom. The number of pyridine rings is 1. The summed E-state index contributed by atoms with van der Waals surface area (Å²) in [5, 5.41) is 2.47. The third-order valence-corrected chi connectivity index (χ3v) is 6.47. The molecule has 3 amide bonds. The molecule has 3 N–H and O–H groups in total. The third-order valence-electron chi connectivity index (χ3n) is 6.47. The summed E-state index contributed by atoms with van der Waals surface area (Å²) in [5.74, 6) is -3.91. The molecule has 2 unspecified atom stereocenters. The first-order valence-corrected chi connectivity index (χ1v) is 14.9. The predicted octanol–water partition coefficient (Wildman–Crippen LogP) is 7.25. The van der Waals surface area contributed by atoms with Gasteiger partial charge in [0.05, 0.1) is 23.3 Å². The number of amides is 3. The summed E-state index contributed by atoms with van der Waals surface area (Å²) in [7, 11) is 0. The second kappa shape index (κ2) is 17.8. The summed E-state index contributed by atoms with van der Waals surface area (Å²) < 4.78 is 71.8. The molecule has 14 heteroatoms. The standard InChI is InChI=1S/C27H24F3N5O3.C4H7F3.C2H6/c28-27(29,30)13-12-18(15-22(31)36)25(37)34-24-26(38)35(19-9-6-14-32-16-19)21-11-5-4-10-20(21)23(33-24)17-7-2-1-3-8-17;1-2-3-4(5,6)7;1-2/h1-11,14,16,18,24H,12-13,15H2,(H2,31,36)(H,34,37);2-3H2,1H3;1-2H3. The van der Waals surface area contributed by atoms with E-state index in [1.165, 1.54) is 24.2 Å². The van der Waals surface area contributed by atoms with E-state index in [1.54, 1.807) is 60.7 Å². The van der Waals surface area contributed by atoms with Crippen molar-refractivity contribution in [2.45, 2.75) is 71.4 Å². The molecule has 2 aromatic carbocycles. The Labute approximate surface area is 269 Å². The van der Waals surface area contributed by atoms with Crippen LogP contribution in [0.15, 0.2) is 84.1 Å². The number of anilines is 2. The van der Waals surface area contributed by atoms with Crippen molar-refractivity contribution in [3.05, 3.63) is 90.3 Å². The predicted molar refractivity (Wildman–Crippen MR) is 167 cm³/mol. The number of fused-ring (bicyclic) bond motifs is 1. The number of hydrogen-bond acceptors (Lipinski definition) is 5. The zero-order chi connectivity index (χ0) is 35.2. The number of nitrogens with zero attached hydrogens (tertiary/aromatic N) is 3. The maximum atomic E-state index is 13.9. The topological polar surface area (TPSA) is 118 Å². The molecule has 0 bridgehead atoms. The molecule has 47 heavy (non-hydrogen) atoms. The van der Waals surface area contributed by atoms with Gasteiger partial charge in [0.1, 0.15) is 0 Å². The van der Waals surface area contributed by atoms with Crippen LogP contribution in [0.25, 0.3) is 0 Å². The molecule has 1 aromatic heterocycles. The Hall–Kier alpha value is -4.75. The van der Waals surface area contributed by atoms with E-state index < -0.39 is 67.8 Å². The molecule has 2 atom stereocenters. The van der Waals surface area contributed by atoms with Crippen LogP contribution in [0.3, 0.4) is 0 Å². The number of rotatable bonds is 9. The Kier molecular flexibility index (Phi) is 14.6. The highest BCUT2D eigenvalue weighted by atomic mass is 19.4. The van der Waals surface area contributed by atoms with Gasteiger partial charge in [0.2, 0.25) is 18.0 Å². The molecule has 0 spiro atoms. The summed E-state index contributed by atoms with van der Waals surface area (Å²) in [6.07, 6.45) is -10.0. The first kappa shape index (κ1) is 38.4. The summed E-state index contributed by atoms with van der Waals surface area (Å²) >= 11 is 0. The molecule has 1 aliphatic rings. The first-order valence-electron chi connectivity index (χ1n) is 14.9. The Morgan fingerprint density at radius 3 is 2.06 bits per heavy atom. The van der Waals surface area contributed by atoms with Gasteiger partial charge >= 0.3 is 12.4 Å². The monoisotopic (exact) mass is 665 g/mol. The minimum absolute atomic E-state index is 0.184. The van der Waals surface area contributed by atoms with Crippen molar-refractivity contribution in [2.24, 2.45) is 16.6 Å². The smallest absolute Gasteiger partial charge is 0.370 e. The number of aliphatic imine (C=N–C) groups is 1.